The van der Waals surface area contributed by atoms with Crippen molar-refractivity contribution in [2.24, 2.45) is 0 Å². The van der Waals surface area contributed by atoms with Gasteiger partial charge in [-0.2, -0.15) is 10.2 Å². The minimum absolute atomic E-state index is 0.164. The highest BCUT2D eigenvalue weighted by Gasteiger charge is 2.13. The molecule has 6 heteroatoms. The summed E-state index contributed by atoms with van der Waals surface area (Å²) in [6.45, 7) is 0. The molecule has 0 saturated heterocycles. The molecular weight excluding hydrogens is 336 g/mol. The Morgan fingerprint density at radius 3 is 2.36 bits per heavy atom. The highest BCUT2D eigenvalue weighted by atomic mass is 35.5. The number of nitrogens with zero attached hydrogens (tertiary/aromatic N) is 4. The Labute approximate surface area is 148 Å². The van der Waals surface area contributed by atoms with Crippen molar-refractivity contribution in [1.29, 1.82) is 0 Å². The average Bonchev–Trinajstić information content (AvgIpc) is 3.13. The van der Waals surface area contributed by atoms with Crippen molar-refractivity contribution in [2.75, 3.05) is 0 Å². The standard InChI is InChI=1S/C19H13ClN4O/c20-14-6-8-15(9-7-14)23-13-11-18(25)19(22-23)17-10-12-21-24(17)16-4-2-1-3-5-16/h1-13H. The van der Waals surface area contributed by atoms with Gasteiger partial charge in [0.2, 0.25) is 5.43 Å². The number of benzene rings is 2. The molecule has 0 N–H and O–H groups in total. The molecule has 2 aromatic heterocycles. The van der Waals surface area contributed by atoms with E-state index in [1.807, 2.05) is 42.5 Å². The van der Waals surface area contributed by atoms with Crippen LogP contribution in [-0.4, -0.2) is 19.6 Å². The molecule has 0 radical (unpaired) electrons. The molecule has 25 heavy (non-hydrogen) atoms. The summed E-state index contributed by atoms with van der Waals surface area (Å²) in [6.07, 6.45) is 3.29. The van der Waals surface area contributed by atoms with Gasteiger partial charge in [0.15, 0.2) is 5.69 Å². The molecule has 0 unspecified atom stereocenters. The number of halogens is 1. The monoisotopic (exact) mass is 348 g/mol. The van der Waals surface area contributed by atoms with Gasteiger partial charge in [-0.05, 0) is 42.5 Å². The summed E-state index contributed by atoms with van der Waals surface area (Å²) in [5.41, 5.74) is 2.49. The molecule has 0 aliphatic carbocycles. The number of aromatic nitrogens is 4. The first-order valence-electron chi connectivity index (χ1n) is 7.68. The number of rotatable bonds is 3. The van der Waals surface area contributed by atoms with Gasteiger partial charge >= 0.3 is 0 Å². The SMILES string of the molecule is O=c1ccn(-c2ccc(Cl)cc2)nc1-c1ccnn1-c1ccccc1. The van der Waals surface area contributed by atoms with Crippen LogP contribution in [-0.2, 0) is 0 Å². The fourth-order valence-corrected chi connectivity index (χ4v) is 2.71. The summed E-state index contributed by atoms with van der Waals surface area (Å²) in [7, 11) is 0. The maximum atomic E-state index is 12.4. The van der Waals surface area contributed by atoms with Crippen LogP contribution >= 0.6 is 11.6 Å². The second kappa shape index (κ2) is 6.37. The lowest BCUT2D eigenvalue weighted by molar-refractivity contribution is 0.823. The van der Waals surface area contributed by atoms with Crippen LogP contribution in [0.25, 0.3) is 22.8 Å². The predicted molar refractivity (Wildman–Crippen MR) is 97.4 cm³/mol. The van der Waals surface area contributed by atoms with Crippen molar-refractivity contribution >= 4 is 11.6 Å². The van der Waals surface area contributed by atoms with Crippen molar-refractivity contribution in [3.8, 4) is 22.8 Å². The number of hydrogen-bond acceptors (Lipinski definition) is 3. The Balaban J connectivity index is 1.85. The highest BCUT2D eigenvalue weighted by Crippen LogP contribution is 2.19. The Morgan fingerprint density at radius 2 is 1.60 bits per heavy atom. The lowest BCUT2D eigenvalue weighted by Gasteiger charge is -2.09. The Kier molecular flexibility index (Phi) is 3.91. The van der Waals surface area contributed by atoms with E-state index in [1.165, 1.54) is 6.07 Å². The molecule has 4 rings (SSSR count). The summed E-state index contributed by atoms with van der Waals surface area (Å²) in [5, 5.41) is 9.48. The van der Waals surface area contributed by atoms with E-state index < -0.39 is 0 Å². The Morgan fingerprint density at radius 1 is 0.840 bits per heavy atom. The molecule has 2 aromatic carbocycles. The van der Waals surface area contributed by atoms with E-state index in [1.54, 1.807) is 40.0 Å². The van der Waals surface area contributed by atoms with Gasteiger partial charge in [0.25, 0.3) is 0 Å². The normalized spacial score (nSPS) is 10.8. The largest absolute Gasteiger partial charge is 0.287 e. The van der Waals surface area contributed by atoms with Gasteiger partial charge in [-0.3, -0.25) is 4.79 Å². The summed E-state index contributed by atoms with van der Waals surface area (Å²) < 4.78 is 3.35. The van der Waals surface area contributed by atoms with Crippen LogP contribution in [0.4, 0.5) is 0 Å². The van der Waals surface area contributed by atoms with Gasteiger partial charge in [-0.25, -0.2) is 9.36 Å². The van der Waals surface area contributed by atoms with Crippen molar-refractivity contribution in [1.82, 2.24) is 19.6 Å². The molecule has 2 heterocycles. The Bertz CT molecular complexity index is 1070. The van der Waals surface area contributed by atoms with Gasteiger partial charge in [0, 0.05) is 17.3 Å². The molecule has 0 aliphatic heterocycles. The summed E-state index contributed by atoms with van der Waals surface area (Å²) in [5.74, 6) is 0. The molecule has 0 saturated carbocycles. The second-order valence-electron chi connectivity index (χ2n) is 5.41. The maximum absolute atomic E-state index is 12.4. The molecule has 0 fully saturated rings. The number of hydrogen-bond donors (Lipinski definition) is 0. The van der Waals surface area contributed by atoms with Crippen LogP contribution < -0.4 is 5.43 Å². The summed E-state index contributed by atoms with van der Waals surface area (Å²) >= 11 is 5.93. The van der Waals surface area contributed by atoms with Gasteiger partial charge in [-0.15, -0.1) is 0 Å². The van der Waals surface area contributed by atoms with Crippen molar-refractivity contribution in [3.63, 3.8) is 0 Å². The zero-order valence-corrected chi connectivity index (χ0v) is 13.8. The first kappa shape index (κ1) is 15.4. The quantitative estimate of drug-likeness (QED) is 0.566. The topological polar surface area (TPSA) is 52.7 Å². The van der Waals surface area contributed by atoms with Crippen LogP contribution in [0.15, 0.2) is 83.9 Å². The molecular formula is C19H13ClN4O. The van der Waals surface area contributed by atoms with Crippen LogP contribution in [0.5, 0.6) is 0 Å². The second-order valence-corrected chi connectivity index (χ2v) is 5.85. The molecule has 122 valence electrons. The predicted octanol–water partition coefficient (Wildman–Crippen LogP) is 3.74. The van der Waals surface area contributed by atoms with Crippen molar-refractivity contribution in [2.45, 2.75) is 0 Å². The van der Waals surface area contributed by atoms with Crippen LogP contribution in [0.2, 0.25) is 5.02 Å². The summed E-state index contributed by atoms with van der Waals surface area (Å²) in [6, 6.07) is 20.2. The molecule has 4 aromatic rings. The minimum Gasteiger partial charge on any atom is -0.287 e. The number of para-hydroxylation sites is 1. The average molecular weight is 349 g/mol. The van der Waals surface area contributed by atoms with E-state index in [2.05, 4.69) is 10.2 Å². The van der Waals surface area contributed by atoms with Crippen LogP contribution in [0, 0.1) is 0 Å². The van der Waals surface area contributed by atoms with E-state index in [0.29, 0.717) is 16.4 Å². The van der Waals surface area contributed by atoms with E-state index in [-0.39, 0.29) is 5.43 Å². The third kappa shape index (κ3) is 2.97. The zero-order valence-electron chi connectivity index (χ0n) is 13.1. The fraction of sp³-hybridized carbons (Fsp3) is 0. The lowest BCUT2D eigenvalue weighted by atomic mass is 10.2. The van der Waals surface area contributed by atoms with E-state index in [4.69, 9.17) is 11.6 Å². The first-order chi connectivity index (χ1) is 12.2. The van der Waals surface area contributed by atoms with Gasteiger partial charge in [-0.1, -0.05) is 29.8 Å². The van der Waals surface area contributed by atoms with Crippen LogP contribution in [0.1, 0.15) is 0 Å². The minimum atomic E-state index is -0.164. The molecule has 0 amide bonds. The molecule has 5 nitrogen and oxygen atoms in total. The fourth-order valence-electron chi connectivity index (χ4n) is 2.58. The Hall–Kier alpha value is -3.18. The summed E-state index contributed by atoms with van der Waals surface area (Å²) in [4.78, 5) is 12.4. The smallest absolute Gasteiger partial charge is 0.209 e. The van der Waals surface area contributed by atoms with Gasteiger partial charge in [0.1, 0.15) is 0 Å². The first-order valence-corrected chi connectivity index (χ1v) is 8.06. The van der Waals surface area contributed by atoms with E-state index >= 15 is 0 Å². The molecule has 0 aliphatic rings. The van der Waals surface area contributed by atoms with Crippen molar-refractivity contribution < 1.29 is 0 Å². The van der Waals surface area contributed by atoms with Crippen molar-refractivity contribution in [3.05, 3.63) is 94.4 Å². The third-order valence-corrected chi connectivity index (χ3v) is 4.04. The van der Waals surface area contributed by atoms with E-state index in [0.717, 1.165) is 11.4 Å². The highest BCUT2D eigenvalue weighted by molar-refractivity contribution is 6.30. The van der Waals surface area contributed by atoms with E-state index in [9.17, 15) is 4.79 Å². The van der Waals surface area contributed by atoms with Gasteiger partial charge < -0.3 is 0 Å². The lowest BCUT2D eigenvalue weighted by Crippen LogP contribution is -2.14. The maximum Gasteiger partial charge on any atom is 0.209 e. The molecule has 0 atom stereocenters. The van der Waals surface area contributed by atoms with Gasteiger partial charge in [0.05, 0.1) is 23.3 Å². The third-order valence-electron chi connectivity index (χ3n) is 3.79. The molecule has 0 spiro atoms. The molecule has 0 bridgehead atoms. The zero-order chi connectivity index (χ0) is 17.2. The van der Waals surface area contributed by atoms with Crippen LogP contribution in [0.3, 0.4) is 0 Å².